The highest BCUT2D eigenvalue weighted by Gasteiger charge is 2.21. The second-order valence-corrected chi connectivity index (χ2v) is 7.55. The van der Waals surface area contributed by atoms with Crippen molar-refractivity contribution >= 4 is 11.8 Å². The molecule has 2 heterocycles. The van der Waals surface area contributed by atoms with E-state index in [0.29, 0.717) is 24.8 Å². The lowest BCUT2D eigenvalue weighted by molar-refractivity contribution is -0.134. The second-order valence-electron chi connectivity index (χ2n) is 7.55. The van der Waals surface area contributed by atoms with Gasteiger partial charge in [-0.05, 0) is 17.7 Å². The maximum absolute atomic E-state index is 12.1. The number of piperazine rings is 1. The van der Waals surface area contributed by atoms with E-state index >= 15 is 0 Å². The first-order chi connectivity index (χ1) is 15.1. The van der Waals surface area contributed by atoms with E-state index in [1.165, 1.54) is 12.5 Å². The smallest absolute Gasteiger partial charge is 0.258 e. The predicted octanol–water partition coefficient (Wildman–Crippen LogP) is 2.18. The van der Waals surface area contributed by atoms with Crippen molar-refractivity contribution in [2.75, 3.05) is 32.7 Å². The molecule has 0 unspecified atom stereocenters. The summed E-state index contributed by atoms with van der Waals surface area (Å²) in [7, 11) is 0. The van der Waals surface area contributed by atoms with Crippen molar-refractivity contribution in [3.05, 3.63) is 60.2 Å². The van der Waals surface area contributed by atoms with Gasteiger partial charge in [-0.1, -0.05) is 47.6 Å². The van der Waals surface area contributed by atoms with E-state index in [4.69, 9.17) is 4.52 Å². The molecule has 1 N–H and O–H groups in total. The van der Waals surface area contributed by atoms with Crippen LogP contribution in [0.3, 0.4) is 0 Å². The van der Waals surface area contributed by atoms with Crippen molar-refractivity contribution in [3.63, 3.8) is 0 Å². The van der Waals surface area contributed by atoms with Crippen LogP contribution in [0.4, 0.5) is 0 Å². The summed E-state index contributed by atoms with van der Waals surface area (Å²) in [5, 5.41) is 6.66. The average Bonchev–Trinajstić information content (AvgIpc) is 3.29. The Labute approximate surface area is 180 Å². The molecule has 8 nitrogen and oxygen atoms in total. The lowest BCUT2D eigenvalue weighted by Gasteiger charge is -2.34. The van der Waals surface area contributed by atoms with Gasteiger partial charge in [0.2, 0.25) is 17.6 Å². The van der Waals surface area contributed by atoms with E-state index in [9.17, 15) is 9.59 Å². The molecule has 160 valence electrons. The molecule has 1 aliphatic heterocycles. The molecule has 1 fully saturated rings. The summed E-state index contributed by atoms with van der Waals surface area (Å²) in [5.41, 5.74) is 2.99. The van der Waals surface area contributed by atoms with Crippen LogP contribution in [0.5, 0.6) is 0 Å². The maximum Gasteiger partial charge on any atom is 0.258 e. The molecule has 2 amide bonds. The molecule has 2 aromatic carbocycles. The van der Waals surface area contributed by atoms with E-state index in [1.54, 1.807) is 4.90 Å². The monoisotopic (exact) mass is 419 g/mol. The van der Waals surface area contributed by atoms with Crippen LogP contribution in [-0.4, -0.2) is 64.5 Å². The molecule has 1 aliphatic rings. The van der Waals surface area contributed by atoms with Crippen molar-refractivity contribution in [1.82, 2.24) is 25.3 Å². The zero-order valence-corrected chi connectivity index (χ0v) is 17.5. The number of amides is 2. The van der Waals surface area contributed by atoms with Gasteiger partial charge in [0, 0.05) is 50.8 Å². The SMILES string of the molecule is CC(=O)NCC(=O)N1CCN(Cc2ccc(-c3noc(-c4ccccc4)n3)cc2)CC1. The van der Waals surface area contributed by atoms with Crippen LogP contribution in [0.2, 0.25) is 0 Å². The first-order valence-electron chi connectivity index (χ1n) is 10.3. The summed E-state index contributed by atoms with van der Waals surface area (Å²) >= 11 is 0. The van der Waals surface area contributed by atoms with Crippen molar-refractivity contribution in [2.24, 2.45) is 0 Å². The number of carbonyl (C=O) groups is 2. The Bertz CT molecular complexity index is 1020. The van der Waals surface area contributed by atoms with Crippen LogP contribution in [-0.2, 0) is 16.1 Å². The normalized spacial score (nSPS) is 14.4. The summed E-state index contributed by atoms with van der Waals surface area (Å²) in [4.78, 5) is 31.7. The highest BCUT2D eigenvalue weighted by atomic mass is 16.5. The second kappa shape index (κ2) is 9.53. The number of hydrogen-bond acceptors (Lipinski definition) is 6. The number of rotatable bonds is 6. The molecule has 0 spiro atoms. The summed E-state index contributed by atoms with van der Waals surface area (Å²) in [6.07, 6.45) is 0. The number of carbonyl (C=O) groups excluding carboxylic acids is 2. The lowest BCUT2D eigenvalue weighted by atomic mass is 10.1. The quantitative estimate of drug-likeness (QED) is 0.659. The summed E-state index contributed by atoms with van der Waals surface area (Å²) in [6.45, 7) is 5.24. The fourth-order valence-electron chi connectivity index (χ4n) is 3.52. The molecule has 8 heteroatoms. The average molecular weight is 419 g/mol. The van der Waals surface area contributed by atoms with Gasteiger partial charge in [-0.25, -0.2) is 0 Å². The van der Waals surface area contributed by atoms with Gasteiger partial charge in [0.1, 0.15) is 0 Å². The Morgan fingerprint density at radius 1 is 0.968 bits per heavy atom. The van der Waals surface area contributed by atoms with Crippen molar-refractivity contribution in [2.45, 2.75) is 13.5 Å². The molecule has 1 saturated heterocycles. The van der Waals surface area contributed by atoms with E-state index in [1.807, 2.05) is 42.5 Å². The van der Waals surface area contributed by atoms with Gasteiger partial charge in [0.05, 0.1) is 6.54 Å². The molecular formula is C23H25N5O3. The molecular weight excluding hydrogens is 394 g/mol. The van der Waals surface area contributed by atoms with Gasteiger partial charge in [0.25, 0.3) is 5.89 Å². The minimum atomic E-state index is -0.187. The number of benzene rings is 2. The Hall–Kier alpha value is -3.52. The summed E-state index contributed by atoms with van der Waals surface area (Å²) < 4.78 is 5.39. The third kappa shape index (κ3) is 5.35. The number of aromatic nitrogens is 2. The minimum Gasteiger partial charge on any atom is -0.347 e. The molecule has 4 rings (SSSR count). The van der Waals surface area contributed by atoms with Crippen molar-refractivity contribution in [3.8, 4) is 22.8 Å². The van der Waals surface area contributed by atoms with Gasteiger partial charge in [-0.15, -0.1) is 0 Å². The Kier molecular flexibility index (Phi) is 6.37. The van der Waals surface area contributed by atoms with Crippen LogP contribution < -0.4 is 5.32 Å². The van der Waals surface area contributed by atoms with E-state index in [0.717, 1.165) is 30.8 Å². The summed E-state index contributed by atoms with van der Waals surface area (Å²) in [5.74, 6) is 0.851. The lowest BCUT2D eigenvalue weighted by Crippen LogP contribution is -2.50. The molecule has 31 heavy (non-hydrogen) atoms. The molecule has 0 atom stereocenters. The maximum atomic E-state index is 12.1. The molecule has 0 aliphatic carbocycles. The molecule has 1 aromatic heterocycles. The predicted molar refractivity (Wildman–Crippen MR) is 116 cm³/mol. The van der Waals surface area contributed by atoms with Gasteiger partial charge >= 0.3 is 0 Å². The van der Waals surface area contributed by atoms with Gasteiger partial charge in [0.15, 0.2) is 0 Å². The fourth-order valence-corrected chi connectivity index (χ4v) is 3.52. The highest BCUT2D eigenvalue weighted by Crippen LogP contribution is 2.22. The molecule has 0 saturated carbocycles. The van der Waals surface area contributed by atoms with Crippen LogP contribution in [0, 0.1) is 0 Å². The molecule has 3 aromatic rings. The first-order valence-corrected chi connectivity index (χ1v) is 10.3. The topological polar surface area (TPSA) is 91.6 Å². The summed E-state index contributed by atoms with van der Waals surface area (Å²) in [6, 6.07) is 17.8. The van der Waals surface area contributed by atoms with Crippen LogP contribution in [0.15, 0.2) is 59.1 Å². The third-order valence-corrected chi connectivity index (χ3v) is 5.28. The number of nitrogens with one attached hydrogen (secondary N) is 1. The standard InChI is InChI=1S/C23H25N5O3/c1-17(29)24-15-21(30)28-13-11-27(12-14-28)16-18-7-9-19(10-8-18)22-25-23(31-26-22)20-5-3-2-4-6-20/h2-10H,11-16H2,1H3,(H,24,29). The Balaban J connectivity index is 1.30. The largest absolute Gasteiger partial charge is 0.347 e. The van der Waals surface area contributed by atoms with Crippen molar-refractivity contribution in [1.29, 1.82) is 0 Å². The Morgan fingerprint density at radius 2 is 1.68 bits per heavy atom. The zero-order chi connectivity index (χ0) is 21.6. The zero-order valence-electron chi connectivity index (χ0n) is 17.5. The minimum absolute atomic E-state index is 0.0332. The third-order valence-electron chi connectivity index (χ3n) is 5.28. The van der Waals surface area contributed by atoms with Crippen LogP contribution in [0.1, 0.15) is 12.5 Å². The van der Waals surface area contributed by atoms with Crippen molar-refractivity contribution < 1.29 is 14.1 Å². The molecule has 0 radical (unpaired) electrons. The van der Waals surface area contributed by atoms with Gasteiger partial charge in [-0.3, -0.25) is 14.5 Å². The highest BCUT2D eigenvalue weighted by molar-refractivity contribution is 5.83. The van der Waals surface area contributed by atoms with Gasteiger partial charge < -0.3 is 14.7 Å². The number of nitrogens with zero attached hydrogens (tertiary/aromatic N) is 4. The van der Waals surface area contributed by atoms with E-state index in [-0.39, 0.29) is 18.4 Å². The number of hydrogen-bond donors (Lipinski definition) is 1. The van der Waals surface area contributed by atoms with Crippen LogP contribution >= 0.6 is 0 Å². The van der Waals surface area contributed by atoms with Gasteiger partial charge in [-0.2, -0.15) is 4.98 Å². The fraction of sp³-hybridized carbons (Fsp3) is 0.304. The van der Waals surface area contributed by atoms with Crippen LogP contribution in [0.25, 0.3) is 22.8 Å². The first kappa shape index (κ1) is 20.7. The molecule has 0 bridgehead atoms. The van der Waals surface area contributed by atoms with E-state index < -0.39 is 0 Å². The van der Waals surface area contributed by atoms with E-state index in [2.05, 4.69) is 32.5 Å². The Morgan fingerprint density at radius 3 is 2.35 bits per heavy atom.